The summed E-state index contributed by atoms with van der Waals surface area (Å²) in [6, 6.07) is 7.64. The van der Waals surface area contributed by atoms with E-state index in [1.54, 1.807) is 0 Å². The normalized spacial score (nSPS) is 18.1. The maximum absolute atomic E-state index is 12.3. The van der Waals surface area contributed by atoms with Crippen LogP contribution in [0.4, 0.5) is 0 Å². The summed E-state index contributed by atoms with van der Waals surface area (Å²) >= 11 is 0. The van der Waals surface area contributed by atoms with Gasteiger partial charge in [0.15, 0.2) is 0 Å². The summed E-state index contributed by atoms with van der Waals surface area (Å²) in [6.07, 6.45) is 9.11. The molecule has 130 valence electrons. The van der Waals surface area contributed by atoms with Crippen molar-refractivity contribution < 1.29 is 9.59 Å². The van der Waals surface area contributed by atoms with Crippen LogP contribution in [0.1, 0.15) is 67.3 Å². The van der Waals surface area contributed by atoms with E-state index in [4.69, 9.17) is 0 Å². The van der Waals surface area contributed by atoms with Gasteiger partial charge >= 0.3 is 0 Å². The monoisotopic (exact) mass is 328 g/mol. The number of benzene rings is 1. The summed E-state index contributed by atoms with van der Waals surface area (Å²) in [5.41, 5.74) is 1.79. The molecule has 1 aliphatic carbocycles. The molecular weight excluding hydrogens is 300 g/mol. The number of carbonyl (C=O) groups excluding carboxylic acids is 2. The smallest absolute Gasteiger partial charge is 0.253 e. The lowest BCUT2D eigenvalue weighted by Gasteiger charge is -2.15. The molecule has 0 bridgehead atoms. The molecule has 4 nitrogen and oxygen atoms in total. The minimum Gasteiger partial charge on any atom is -0.352 e. The van der Waals surface area contributed by atoms with Crippen LogP contribution in [0.5, 0.6) is 0 Å². The quantitative estimate of drug-likeness (QED) is 0.869. The highest BCUT2D eigenvalue weighted by Gasteiger charge is 2.19. The van der Waals surface area contributed by atoms with E-state index in [1.807, 2.05) is 29.2 Å². The molecule has 1 aliphatic heterocycles. The van der Waals surface area contributed by atoms with Gasteiger partial charge in [-0.05, 0) is 42.9 Å². The van der Waals surface area contributed by atoms with Crippen molar-refractivity contribution in [2.24, 2.45) is 5.92 Å². The highest BCUT2D eigenvalue weighted by molar-refractivity contribution is 5.94. The van der Waals surface area contributed by atoms with Gasteiger partial charge in [0.1, 0.15) is 0 Å². The molecule has 2 fully saturated rings. The molecular formula is C20H28N2O2. The minimum atomic E-state index is 0.125. The van der Waals surface area contributed by atoms with Gasteiger partial charge in [0.25, 0.3) is 5.91 Å². The molecule has 1 saturated carbocycles. The Balaban J connectivity index is 1.42. The maximum Gasteiger partial charge on any atom is 0.253 e. The molecule has 0 radical (unpaired) electrons. The SMILES string of the molecule is O=C(CCC1CCCC1)NCc1ccc(C(=O)N2CCCC2)cc1. The fraction of sp³-hybridized carbons (Fsp3) is 0.600. The molecule has 1 aromatic carbocycles. The number of nitrogens with zero attached hydrogens (tertiary/aromatic N) is 1. The number of hydrogen-bond donors (Lipinski definition) is 1. The summed E-state index contributed by atoms with van der Waals surface area (Å²) in [5.74, 6) is 1.02. The topological polar surface area (TPSA) is 49.4 Å². The van der Waals surface area contributed by atoms with Crippen molar-refractivity contribution >= 4 is 11.8 Å². The molecule has 1 aromatic rings. The lowest BCUT2D eigenvalue weighted by Crippen LogP contribution is -2.27. The van der Waals surface area contributed by atoms with Crippen molar-refractivity contribution in [2.45, 2.75) is 57.9 Å². The van der Waals surface area contributed by atoms with E-state index in [0.29, 0.717) is 13.0 Å². The van der Waals surface area contributed by atoms with Crippen molar-refractivity contribution in [3.8, 4) is 0 Å². The molecule has 0 aromatic heterocycles. The Morgan fingerprint density at radius 2 is 1.67 bits per heavy atom. The number of hydrogen-bond acceptors (Lipinski definition) is 2. The number of carbonyl (C=O) groups is 2. The van der Waals surface area contributed by atoms with Gasteiger partial charge in [-0.1, -0.05) is 37.8 Å². The summed E-state index contributed by atoms with van der Waals surface area (Å²) in [5, 5.41) is 2.99. The Labute approximate surface area is 144 Å². The predicted octanol–water partition coefficient (Wildman–Crippen LogP) is 3.51. The number of amides is 2. The third-order valence-corrected chi connectivity index (χ3v) is 5.34. The van der Waals surface area contributed by atoms with E-state index in [9.17, 15) is 9.59 Å². The second kappa shape index (κ2) is 8.32. The predicted molar refractivity (Wildman–Crippen MR) is 94.6 cm³/mol. The highest BCUT2D eigenvalue weighted by atomic mass is 16.2. The van der Waals surface area contributed by atoms with Crippen LogP contribution in [0, 0.1) is 5.92 Å². The van der Waals surface area contributed by atoms with E-state index in [0.717, 1.165) is 49.4 Å². The van der Waals surface area contributed by atoms with Gasteiger partial charge in [0.05, 0.1) is 0 Å². The Hall–Kier alpha value is -1.84. The molecule has 3 rings (SSSR count). The van der Waals surface area contributed by atoms with Crippen LogP contribution in [-0.2, 0) is 11.3 Å². The zero-order valence-corrected chi connectivity index (χ0v) is 14.4. The maximum atomic E-state index is 12.3. The molecule has 4 heteroatoms. The first-order valence-corrected chi connectivity index (χ1v) is 9.37. The average molecular weight is 328 g/mol. The second-order valence-electron chi connectivity index (χ2n) is 7.16. The van der Waals surface area contributed by atoms with Gasteiger partial charge in [-0.25, -0.2) is 0 Å². The van der Waals surface area contributed by atoms with Gasteiger partial charge in [-0.3, -0.25) is 9.59 Å². The molecule has 24 heavy (non-hydrogen) atoms. The Kier molecular flexibility index (Phi) is 5.89. The third kappa shape index (κ3) is 4.59. The van der Waals surface area contributed by atoms with Crippen molar-refractivity contribution in [2.75, 3.05) is 13.1 Å². The summed E-state index contributed by atoms with van der Waals surface area (Å²) in [6.45, 7) is 2.29. The standard InChI is InChI=1S/C20H28N2O2/c23-19(12-9-16-5-1-2-6-16)21-15-17-7-10-18(11-8-17)20(24)22-13-3-4-14-22/h7-8,10-11,16H,1-6,9,12-15H2,(H,21,23). The van der Waals surface area contributed by atoms with Crippen molar-refractivity contribution in [3.05, 3.63) is 35.4 Å². The van der Waals surface area contributed by atoms with Gasteiger partial charge in [0.2, 0.25) is 5.91 Å². The first kappa shape index (κ1) is 17.0. The van der Waals surface area contributed by atoms with Gasteiger partial charge in [-0.15, -0.1) is 0 Å². The van der Waals surface area contributed by atoms with Crippen LogP contribution in [0.25, 0.3) is 0 Å². The minimum absolute atomic E-state index is 0.125. The fourth-order valence-electron chi connectivity index (χ4n) is 3.79. The largest absolute Gasteiger partial charge is 0.352 e. The number of nitrogens with one attached hydrogen (secondary N) is 1. The fourth-order valence-corrected chi connectivity index (χ4v) is 3.79. The van der Waals surface area contributed by atoms with Crippen LogP contribution < -0.4 is 5.32 Å². The van der Waals surface area contributed by atoms with Gasteiger partial charge < -0.3 is 10.2 Å². The highest BCUT2D eigenvalue weighted by Crippen LogP contribution is 2.28. The van der Waals surface area contributed by atoms with Crippen molar-refractivity contribution in [1.29, 1.82) is 0 Å². The van der Waals surface area contributed by atoms with E-state index in [2.05, 4.69) is 5.32 Å². The average Bonchev–Trinajstić information content (AvgIpc) is 3.31. The summed E-state index contributed by atoms with van der Waals surface area (Å²) < 4.78 is 0. The molecule has 1 saturated heterocycles. The first-order chi connectivity index (χ1) is 11.7. The van der Waals surface area contributed by atoms with Gasteiger partial charge in [-0.2, -0.15) is 0 Å². The zero-order valence-electron chi connectivity index (χ0n) is 14.4. The van der Waals surface area contributed by atoms with Gasteiger partial charge in [0, 0.05) is 31.6 Å². The molecule has 0 atom stereocenters. The molecule has 2 aliphatic rings. The molecule has 1 N–H and O–H groups in total. The summed E-state index contributed by atoms with van der Waals surface area (Å²) in [7, 11) is 0. The molecule has 1 heterocycles. The van der Waals surface area contributed by atoms with Crippen LogP contribution in [-0.4, -0.2) is 29.8 Å². The van der Waals surface area contributed by atoms with E-state index in [1.165, 1.54) is 25.7 Å². The summed E-state index contributed by atoms with van der Waals surface area (Å²) in [4.78, 5) is 26.2. The van der Waals surface area contributed by atoms with E-state index >= 15 is 0 Å². The van der Waals surface area contributed by atoms with Crippen LogP contribution >= 0.6 is 0 Å². The number of rotatable bonds is 6. The Morgan fingerprint density at radius 3 is 2.33 bits per heavy atom. The molecule has 2 amide bonds. The Bertz CT molecular complexity index is 556. The first-order valence-electron chi connectivity index (χ1n) is 9.37. The Morgan fingerprint density at radius 1 is 1.00 bits per heavy atom. The zero-order chi connectivity index (χ0) is 16.8. The van der Waals surface area contributed by atoms with Crippen LogP contribution in [0.3, 0.4) is 0 Å². The lowest BCUT2D eigenvalue weighted by atomic mass is 10.0. The van der Waals surface area contributed by atoms with Crippen LogP contribution in [0.15, 0.2) is 24.3 Å². The number of likely N-dealkylation sites (tertiary alicyclic amines) is 1. The molecule has 0 spiro atoms. The lowest BCUT2D eigenvalue weighted by molar-refractivity contribution is -0.121. The third-order valence-electron chi connectivity index (χ3n) is 5.34. The van der Waals surface area contributed by atoms with Crippen molar-refractivity contribution in [3.63, 3.8) is 0 Å². The second-order valence-corrected chi connectivity index (χ2v) is 7.16. The van der Waals surface area contributed by atoms with E-state index < -0.39 is 0 Å². The van der Waals surface area contributed by atoms with Crippen LogP contribution in [0.2, 0.25) is 0 Å². The molecule has 0 unspecified atom stereocenters. The van der Waals surface area contributed by atoms with Crippen molar-refractivity contribution in [1.82, 2.24) is 10.2 Å². The van der Waals surface area contributed by atoms with E-state index in [-0.39, 0.29) is 11.8 Å².